The van der Waals surface area contributed by atoms with Crippen molar-refractivity contribution in [3.8, 4) is 0 Å². The molecule has 21 heavy (non-hydrogen) atoms. The topological polar surface area (TPSA) is 3.24 Å². The Labute approximate surface area is 127 Å². The van der Waals surface area contributed by atoms with Gasteiger partial charge in [0.25, 0.3) is 0 Å². The molecule has 2 aromatic rings. The summed E-state index contributed by atoms with van der Waals surface area (Å²) in [5, 5.41) is 0. The second-order valence-corrected chi connectivity index (χ2v) is 5.72. The zero-order chi connectivity index (χ0) is 14.5. The van der Waals surface area contributed by atoms with Gasteiger partial charge >= 0.3 is 0 Å². The molecule has 1 saturated heterocycles. The molecular formula is C20H23N. The van der Waals surface area contributed by atoms with Crippen LogP contribution in [0.2, 0.25) is 0 Å². The van der Waals surface area contributed by atoms with Crippen molar-refractivity contribution < 1.29 is 0 Å². The summed E-state index contributed by atoms with van der Waals surface area (Å²) in [4.78, 5) is 2.60. The van der Waals surface area contributed by atoms with E-state index in [1.54, 1.807) is 0 Å². The van der Waals surface area contributed by atoms with Crippen molar-refractivity contribution in [2.45, 2.75) is 25.3 Å². The highest BCUT2D eigenvalue weighted by molar-refractivity contribution is 5.52. The van der Waals surface area contributed by atoms with Gasteiger partial charge in [-0.2, -0.15) is 0 Å². The molecule has 1 aliphatic rings. The zero-order valence-corrected chi connectivity index (χ0v) is 12.7. The van der Waals surface area contributed by atoms with E-state index < -0.39 is 0 Å². The average Bonchev–Trinajstić information content (AvgIpc) is 2.99. The molecule has 0 aromatic heterocycles. The number of likely N-dealkylation sites (N-methyl/N-ethyl adjacent to an activating group) is 1. The molecule has 0 bridgehead atoms. The molecule has 0 amide bonds. The van der Waals surface area contributed by atoms with E-state index in [0.29, 0.717) is 0 Å². The van der Waals surface area contributed by atoms with Crippen LogP contribution in [-0.4, -0.2) is 18.0 Å². The number of hydrogen-bond donors (Lipinski definition) is 0. The van der Waals surface area contributed by atoms with Gasteiger partial charge in [-0.15, -0.1) is 0 Å². The highest BCUT2D eigenvalue weighted by Gasteiger charge is 2.39. The van der Waals surface area contributed by atoms with Crippen molar-refractivity contribution in [2.24, 2.45) is 0 Å². The average molecular weight is 277 g/mol. The minimum Gasteiger partial charge on any atom is -0.291 e. The van der Waals surface area contributed by atoms with Crippen LogP contribution in [0.5, 0.6) is 0 Å². The summed E-state index contributed by atoms with van der Waals surface area (Å²) in [5.41, 5.74) is 2.75. The van der Waals surface area contributed by atoms with E-state index >= 15 is 0 Å². The van der Waals surface area contributed by atoms with Crippen LogP contribution in [-0.2, 0) is 5.54 Å². The fourth-order valence-corrected chi connectivity index (χ4v) is 3.47. The highest BCUT2D eigenvalue weighted by Crippen LogP contribution is 2.40. The summed E-state index contributed by atoms with van der Waals surface area (Å²) < 4.78 is 0. The lowest BCUT2D eigenvalue weighted by Gasteiger charge is -2.36. The third-order valence-electron chi connectivity index (χ3n) is 4.56. The number of hydrogen-bond acceptors (Lipinski definition) is 1. The minimum absolute atomic E-state index is 0.0614. The number of rotatable bonds is 4. The number of likely N-dealkylation sites (tertiary alicyclic amines) is 1. The smallest absolute Gasteiger partial charge is 0.0649 e. The van der Waals surface area contributed by atoms with Gasteiger partial charge < -0.3 is 0 Å². The summed E-state index contributed by atoms with van der Waals surface area (Å²) in [7, 11) is 0. The fourth-order valence-electron chi connectivity index (χ4n) is 3.47. The molecule has 1 heterocycles. The van der Waals surface area contributed by atoms with E-state index in [2.05, 4.69) is 84.6 Å². The lowest BCUT2D eigenvalue weighted by atomic mass is 9.86. The number of nitrogens with zero attached hydrogens (tertiary/aromatic N) is 1. The lowest BCUT2D eigenvalue weighted by Crippen LogP contribution is -2.39. The zero-order valence-electron chi connectivity index (χ0n) is 12.7. The largest absolute Gasteiger partial charge is 0.291 e. The standard InChI is InChI=1S/C20H23N/c1-2-21-17-9-15-20(21,19-12-7-4-8-13-19)16-14-18-10-5-3-6-11-18/h3-8,10-14,16H,2,9,15,17H2,1H3/b16-14+. The second kappa shape index (κ2) is 6.28. The van der Waals surface area contributed by atoms with Crippen LogP contribution in [0.4, 0.5) is 0 Å². The van der Waals surface area contributed by atoms with Gasteiger partial charge in [-0.25, -0.2) is 0 Å². The van der Waals surface area contributed by atoms with Gasteiger partial charge in [0, 0.05) is 0 Å². The summed E-state index contributed by atoms with van der Waals surface area (Å²) in [5.74, 6) is 0. The van der Waals surface area contributed by atoms with Crippen LogP contribution in [0.25, 0.3) is 6.08 Å². The molecule has 1 aliphatic heterocycles. The third-order valence-corrected chi connectivity index (χ3v) is 4.56. The predicted octanol–water partition coefficient (Wildman–Crippen LogP) is 4.71. The van der Waals surface area contributed by atoms with Crippen LogP contribution in [0.1, 0.15) is 30.9 Å². The Kier molecular flexibility index (Phi) is 4.21. The van der Waals surface area contributed by atoms with Crippen molar-refractivity contribution in [2.75, 3.05) is 13.1 Å². The molecule has 0 radical (unpaired) electrons. The molecule has 0 N–H and O–H groups in total. The van der Waals surface area contributed by atoms with E-state index in [9.17, 15) is 0 Å². The van der Waals surface area contributed by atoms with Gasteiger partial charge in [0.15, 0.2) is 0 Å². The molecule has 1 nitrogen and oxygen atoms in total. The van der Waals surface area contributed by atoms with Gasteiger partial charge in [0.2, 0.25) is 0 Å². The van der Waals surface area contributed by atoms with Gasteiger partial charge in [0.05, 0.1) is 5.54 Å². The second-order valence-electron chi connectivity index (χ2n) is 5.72. The monoisotopic (exact) mass is 277 g/mol. The molecule has 0 spiro atoms. The molecule has 1 unspecified atom stereocenters. The van der Waals surface area contributed by atoms with E-state index in [1.807, 2.05) is 0 Å². The van der Waals surface area contributed by atoms with Crippen LogP contribution in [0, 0.1) is 0 Å². The van der Waals surface area contributed by atoms with E-state index in [0.717, 1.165) is 6.54 Å². The van der Waals surface area contributed by atoms with Crippen molar-refractivity contribution >= 4 is 6.08 Å². The Morgan fingerprint density at radius 1 is 1.00 bits per heavy atom. The normalized spacial score (nSPS) is 22.9. The van der Waals surface area contributed by atoms with Crippen LogP contribution in [0.3, 0.4) is 0 Å². The SMILES string of the molecule is CCN1CCCC1(/C=C/c1ccccc1)c1ccccc1. The van der Waals surface area contributed by atoms with Gasteiger partial charge in [0.1, 0.15) is 0 Å². The van der Waals surface area contributed by atoms with E-state index in [4.69, 9.17) is 0 Å². The third kappa shape index (κ3) is 2.79. The Morgan fingerprint density at radius 2 is 1.67 bits per heavy atom. The molecule has 3 rings (SSSR count). The lowest BCUT2D eigenvalue weighted by molar-refractivity contribution is 0.197. The Bertz CT molecular complexity index is 588. The Morgan fingerprint density at radius 3 is 2.33 bits per heavy atom. The maximum Gasteiger partial charge on any atom is 0.0649 e. The molecule has 0 saturated carbocycles. The quantitative estimate of drug-likeness (QED) is 0.782. The van der Waals surface area contributed by atoms with Gasteiger partial charge in [-0.1, -0.05) is 79.7 Å². The molecule has 1 heteroatoms. The summed E-state index contributed by atoms with van der Waals surface area (Å²) in [6, 6.07) is 21.5. The van der Waals surface area contributed by atoms with Gasteiger partial charge in [-0.05, 0) is 37.1 Å². The molecular weight excluding hydrogens is 254 g/mol. The van der Waals surface area contributed by atoms with Crippen molar-refractivity contribution in [1.82, 2.24) is 4.90 Å². The van der Waals surface area contributed by atoms with Gasteiger partial charge in [-0.3, -0.25) is 4.90 Å². The summed E-state index contributed by atoms with van der Waals surface area (Å²) in [6.45, 7) is 4.54. The summed E-state index contributed by atoms with van der Waals surface area (Å²) >= 11 is 0. The number of benzene rings is 2. The van der Waals surface area contributed by atoms with Crippen molar-refractivity contribution in [1.29, 1.82) is 0 Å². The Balaban J connectivity index is 1.99. The van der Waals surface area contributed by atoms with Crippen molar-refractivity contribution in [3.63, 3.8) is 0 Å². The van der Waals surface area contributed by atoms with E-state index in [1.165, 1.54) is 30.5 Å². The van der Waals surface area contributed by atoms with E-state index in [-0.39, 0.29) is 5.54 Å². The Hall–Kier alpha value is -1.86. The molecule has 2 aromatic carbocycles. The van der Waals surface area contributed by atoms with Crippen molar-refractivity contribution in [3.05, 3.63) is 77.9 Å². The van der Waals surface area contributed by atoms with Crippen LogP contribution >= 0.6 is 0 Å². The van der Waals surface area contributed by atoms with Crippen LogP contribution in [0.15, 0.2) is 66.7 Å². The molecule has 108 valence electrons. The first-order valence-corrected chi connectivity index (χ1v) is 7.90. The maximum atomic E-state index is 2.60. The highest BCUT2D eigenvalue weighted by atomic mass is 15.2. The first kappa shape index (κ1) is 14.1. The van der Waals surface area contributed by atoms with Crippen LogP contribution < -0.4 is 0 Å². The molecule has 0 aliphatic carbocycles. The molecule has 1 fully saturated rings. The fraction of sp³-hybridized carbons (Fsp3) is 0.300. The first-order valence-electron chi connectivity index (χ1n) is 7.90. The predicted molar refractivity (Wildman–Crippen MR) is 90.1 cm³/mol. The first-order chi connectivity index (χ1) is 10.3. The summed E-state index contributed by atoms with van der Waals surface area (Å²) in [6.07, 6.45) is 7.16. The molecule has 1 atom stereocenters. The maximum absolute atomic E-state index is 2.60. The minimum atomic E-state index is 0.0614.